The molecule has 2 rings (SSSR count). The van der Waals surface area contributed by atoms with Crippen LogP contribution in [0.5, 0.6) is 0 Å². The normalized spacial score (nSPS) is 12.8. The lowest BCUT2D eigenvalue weighted by Crippen LogP contribution is -2.42. The van der Waals surface area contributed by atoms with Crippen LogP contribution in [0.4, 0.5) is 5.69 Å². The molecule has 0 fully saturated rings. The smallest absolute Gasteiger partial charge is 0.329 e. The van der Waals surface area contributed by atoms with Crippen LogP contribution in [0.1, 0.15) is 56.1 Å². The van der Waals surface area contributed by atoms with Crippen LogP contribution in [0.15, 0.2) is 48.5 Å². The molecule has 0 aliphatic rings. The van der Waals surface area contributed by atoms with Gasteiger partial charge in [0, 0.05) is 11.3 Å². The van der Waals surface area contributed by atoms with Gasteiger partial charge in [0.2, 0.25) is 0 Å². The number of amides is 2. The van der Waals surface area contributed by atoms with Crippen molar-refractivity contribution >= 4 is 23.5 Å². The van der Waals surface area contributed by atoms with Crippen LogP contribution < -0.4 is 10.6 Å². The number of nitrogens with one attached hydrogen (secondary N) is 2. The van der Waals surface area contributed by atoms with E-state index >= 15 is 0 Å². The Hall–Kier alpha value is -3.66. The average Bonchev–Trinajstić information content (AvgIpc) is 2.73. The molecule has 0 heterocycles. The average molecular weight is 421 g/mol. The third kappa shape index (κ3) is 6.68. The molecule has 0 aromatic heterocycles. The van der Waals surface area contributed by atoms with E-state index in [1.807, 2.05) is 18.2 Å². The summed E-state index contributed by atoms with van der Waals surface area (Å²) < 4.78 is 5.17. The molecule has 0 aliphatic heterocycles. The Morgan fingerprint density at radius 1 is 0.968 bits per heavy atom. The summed E-state index contributed by atoms with van der Waals surface area (Å²) in [4.78, 5) is 36.9. The third-order valence-corrected chi connectivity index (χ3v) is 4.66. The van der Waals surface area contributed by atoms with Crippen molar-refractivity contribution in [3.8, 4) is 6.07 Å². The monoisotopic (exact) mass is 421 g/mol. The summed E-state index contributed by atoms with van der Waals surface area (Å²) in [5.41, 5.74) is 2.44. The van der Waals surface area contributed by atoms with E-state index in [1.165, 1.54) is 13.8 Å². The quantitative estimate of drug-likeness (QED) is 0.694. The highest BCUT2D eigenvalue weighted by Crippen LogP contribution is 2.22. The van der Waals surface area contributed by atoms with Crippen molar-refractivity contribution in [3.05, 3.63) is 65.2 Å². The summed E-state index contributed by atoms with van der Waals surface area (Å²) in [6.45, 7) is 9.18. The maximum atomic E-state index is 12.4. The lowest BCUT2D eigenvalue weighted by atomic mass is 9.86. The molecular weight excluding hydrogens is 394 g/mol. The van der Waals surface area contributed by atoms with Gasteiger partial charge in [0.05, 0.1) is 11.6 Å². The number of carbonyl (C=O) groups is 3. The fourth-order valence-electron chi connectivity index (χ4n) is 2.66. The predicted octanol–water partition coefficient (Wildman–Crippen LogP) is 3.54. The van der Waals surface area contributed by atoms with Gasteiger partial charge in [0.1, 0.15) is 6.04 Å². The molecule has 2 N–H and O–H groups in total. The van der Waals surface area contributed by atoms with Crippen LogP contribution in [-0.4, -0.2) is 29.9 Å². The molecule has 2 aromatic carbocycles. The minimum Gasteiger partial charge on any atom is -0.451 e. The number of ether oxygens (including phenoxy) is 1. The first kappa shape index (κ1) is 23.6. The first-order valence-electron chi connectivity index (χ1n) is 9.94. The molecule has 0 spiro atoms. The molecule has 0 radical (unpaired) electrons. The molecule has 0 saturated carbocycles. The Kier molecular flexibility index (Phi) is 7.54. The lowest BCUT2D eigenvalue weighted by Gasteiger charge is -2.20. The Balaban J connectivity index is 1.89. The molecule has 0 saturated heterocycles. The molecule has 2 aromatic rings. The van der Waals surface area contributed by atoms with E-state index in [0.717, 1.165) is 5.56 Å². The first-order valence-corrected chi connectivity index (χ1v) is 9.94. The van der Waals surface area contributed by atoms with Crippen LogP contribution in [0.2, 0.25) is 0 Å². The second-order valence-electron chi connectivity index (χ2n) is 8.28. The minimum atomic E-state index is -1.06. The van der Waals surface area contributed by atoms with Gasteiger partial charge in [-0.25, -0.2) is 4.79 Å². The molecule has 2 atom stereocenters. The second kappa shape index (κ2) is 9.90. The van der Waals surface area contributed by atoms with Crippen molar-refractivity contribution in [2.45, 2.75) is 52.2 Å². The van der Waals surface area contributed by atoms with Gasteiger partial charge >= 0.3 is 5.97 Å². The number of hydrogen-bond acceptors (Lipinski definition) is 5. The summed E-state index contributed by atoms with van der Waals surface area (Å²) in [7, 11) is 0. The predicted molar refractivity (Wildman–Crippen MR) is 117 cm³/mol. The summed E-state index contributed by atoms with van der Waals surface area (Å²) >= 11 is 0. The van der Waals surface area contributed by atoms with Gasteiger partial charge in [-0.05, 0) is 61.2 Å². The van der Waals surface area contributed by atoms with Gasteiger partial charge in [-0.15, -0.1) is 0 Å². The SMILES string of the molecule is C[C@H](NC(=O)c1ccc(C(C)(C)C)cc1)C(=O)O[C@H](C)C(=O)Nc1ccc(C#N)cc1. The molecule has 7 nitrogen and oxygen atoms in total. The standard InChI is InChI=1S/C24H27N3O4/c1-15(26-22(29)18-8-10-19(11-9-18)24(3,4)5)23(30)31-16(2)21(28)27-20-12-6-17(14-25)7-13-20/h6-13,15-16H,1-5H3,(H,26,29)(H,27,28)/t15-,16+/m0/s1. The number of hydrogen-bond donors (Lipinski definition) is 2. The number of anilines is 1. The van der Waals surface area contributed by atoms with Crippen molar-refractivity contribution < 1.29 is 19.1 Å². The van der Waals surface area contributed by atoms with Crippen LogP contribution in [0.3, 0.4) is 0 Å². The number of benzene rings is 2. The summed E-state index contributed by atoms with van der Waals surface area (Å²) in [6.07, 6.45) is -1.06. The molecule has 0 aliphatic carbocycles. The van der Waals surface area contributed by atoms with Gasteiger partial charge in [0.15, 0.2) is 6.10 Å². The highest BCUT2D eigenvalue weighted by atomic mass is 16.5. The van der Waals surface area contributed by atoms with E-state index in [4.69, 9.17) is 10.00 Å². The van der Waals surface area contributed by atoms with Crippen molar-refractivity contribution in [1.82, 2.24) is 5.32 Å². The molecule has 7 heteroatoms. The zero-order valence-corrected chi connectivity index (χ0v) is 18.4. The lowest BCUT2D eigenvalue weighted by molar-refractivity contribution is -0.154. The summed E-state index contributed by atoms with van der Waals surface area (Å²) in [5, 5.41) is 14.0. The largest absolute Gasteiger partial charge is 0.451 e. The van der Waals surface area contributed by atoms with E-state index in [-0.39, 0.29) is 5.41 Å². The maximum Gasteiger partial charge on any atom is 0.329 e. The third-order valence-electron chi connectivity index (χ3n) is 4.66. The van der Waals surface area contributed by atoms with Crippen molar-refractivity contribution in [3.63, 3.8) is 0 Å². The molecule has 2 amide bonds. The second-order valence-corrected chi connectivity index (χ2v) is 8.28. The molecule has 31 heavy (non-hydrogen) atoms. The van der Waals surface area contributed by atoms with Crippen molar-refractivity contribution in [1.29, 1.82) is 5.26 Å². The molecule has 0 bridgehead atoms. The molecular formula is C24H27N3O4. The first-order chi connectivity index (χ1) is 14.5. The van der Waals surface area contributed by atoms with E-state index in [1.54, 1.807) is 36.4 Å². The number of esters is 1. The van der Waals surface area contributed by atoms with Crippen LogP contribution in [-0.2, 0) is 19.7 Å². The molecule has 0 unspecified atom stereocenters. The minimum absolute atomic E-state index is 0.0272. The summed E-state index contributed by atoms with van der Waals surface area (Å²) in [5.74, 6) is -1.64. The fourth-order valence-corrected chi connectivity index (χ4v) is 2.66. The van der Waals surface area contributed by atoms with E-state index in [0.29, 0.717) is 16.8 Å². The zero-order valence-electron chi connectivity index (χ0n) is 18.4. The fraction of sp³-hybridized carbons (Fsp3) is 0.333. The Bertz CT molecular complexity index is 983. The highest BCUT2D eigenvalue weighted by molar-refractivity contribution is 5.98. The topological polar surface area (TPSA) is 108 Å². The number of carbonyl (C=O) groups excluding carboxylic acids is 3. The van der Waals surface area contributed by atoms with E-state index in [2.05, 4.69) is 31.4 Å². The Morgan fingerprint density at radius 3 is 2.06 bits per heavy atom. The summed E-state index contributed by atoms with van der Waals surface area (Å²) in [6, 6.07) is 14.5. The van der Waals surface area contributed by atoms with Crippen LogP contribution >= 0.6 is 0 Å². The van der Waals surface area contributed by atoms with Crippen molar-refractivity contribution in [2.75, 3.05) is 5.32 Å². The van der Waals surface area contributed by atoms with Crippen molar-refractivity contribution in [2.24, 2.45) is 0 Å². The van der Waals surface area contributed by atoms with Gasteiger partial charge in [0.25, 0.3) is 11.8 Å². The molecule has 162 valence electrons. The van der Waals surface area contributed by atoms with Gasteiger partial charge in [-0.1, -0.05) is 32.9 Å². The Morgan fingerprint density at radius 2 is 1.55 bits per heavy atom. The number of nitriles is 1. The van der Waals surface area contributed by atoms with E-state index < -0.39 is 29.9 Å². The van der Waals surface area contributed by atoms with Crippen LogP contribution in [0.25, 0.3) is 0 Å². The maximum absolute atomic E-state index is 12.4. The van der Waals surface area contributed by atoms with Gasteiger partial charge in [-0.2, -0.15) is 5.26 Å². The Labute approximate surface area is 182 Å². The van der Waals surface area contributed by atoms with Crippen LogP contribution in [0, 0.1) is 11.3 Å². The van der Waals surface area contributed by atoms with Gasteiger partial charge < -0.3 is 15.4 Å². The van der Waals surface area contributed by atoms with Gasteiger partial charge in [-0.3, -0.25) is 9.59 Å². The zero-order chi connectivity index (χ0) is 23.2. The highest BCUT2D eigenvalue weighted by Gasteiger charge is 2.24. The number of nitrogens with zero attached hydrogens (tertiary/aromatic N) is 1. The van der Waals surface area contributed by atoms with E-state index in [9.17, 15) is 14.4 Å². The number of rotatable bonds is 6.